The number of Topliss-reactive ketones (excluding diaryl/α,β-unsaturated/α-hetero) is 1. The molecule has 180 valence electrons. The van der Waals surface area contributed by atoms with Crippen LogP contribution in [0.25, 0.3) is 0 Å². The number of carbonyl (C=O) groups is 2. The summed E-state index contributed by atoms with van der Waals surface area (Å²) < 4.78 is 43.0. The fraction of sp³-hybridized carbons (Fsp3) is 0.160. The van der Waals surface area contributed by atoms with Gasteiger partial charge in [0.2, 0.25) is 0 Å². The minimum atomic E-state index is -4.02. The van der Waals surface area contributed by atoms with E-state index >= 15 is 0 Å². The van der Waals surface area contributed by atoms with E-state index in [0.29, 0.717) is 34.1 Å². The van der Waals surface area contributed by atoms with Crippen LogP contribution in [0.5, 0.6) is 5.75 Å². The minimum absolute atomic E-state index is 0.0281. The summed E-state index contributed by atoms with van der Waals surface area (Å²) in [5, 5.41) is 0. The molecule has 0 saturated heterocycles. The molecule has 1 aliphatic heterocycles. The lowest BCUT2D eigenvalue weighted by atomic mass is 10.0. The summed E-state index contributed by atoms with van der Waals surface area (Å²) in [7, 11) is -2.53. The van der Waals surface area contributed by atoms with Gasteiger partial charge in [-0.2, -0.15) is 0 Å². The molecule has 9 nitrogen and oxygen atoms in total. The number of sulfonamides is 1. The van der Waals surface area contributed by atoms with Crippen LogP contribution < -0.4 is 9.46 Å². The van der Waals surface area contributed by atoms with Crippen LogP contribution in [0.3, 0.4) is 0 Å². The van der Waals surface area contributed by atoms with Gasteiger partial charge in [-0.15, -0.1) is 0 Å². The predicted octanol–water partition coefficient (Wildman–Crippen LogP) is 3.54. The summed E-state index contributed by atoms with van der Waals surface area (Å²) in [6, 6.07) is 15.9. The molecule has 0 spiro atoms. The molecule has 0 atom stereocenters. The molecule has 35 heavy (non-hydrogen) atoms. The van der Waals surface area contributed by atoms with Gasteiger partial charge in [-0.05, 0) is 49.4 Å². The van der Waals surface area contributed by atoms with E-state index in [-0.39, 0.29) is 29.5 Å². The third-order valence-electron chi connectivity index (χ3n) is 5.25. The van der Waals surface area contributed by atoms with Gasteiger partial charge in [-0.1, -0.05) is 18.2 Å². The van der Waals surface area contributed by atoms with E-state index in [1.807, 2.05) is 4.72 Å². The molecule has 0 bridgehead atoms. The molecular weight excluding hydrogens is 472 g/mol. The van der Waals surface area contributed by atoms with E-state index < -0.39 is 15.9 Å². The van der Waals surface area contributed by atoms with Gasteiger partial charge in [0, 0.05) is 11.1 Å². The molecule has 2 aromatic carbocycles. The number of carbonyl (C=O) groups excluding carboxylic acids is 2. The predicted molar refractivity (Wildman–Crippen MR) is 127 cm³/mol. The number of amides is 1. The summed E-state index contributed by atoms with van der Waals surface area (Å²) in [5.41, 5.74) is 1.59. The fourth-order valence-corrected chi connectivity index (χ4v) is 4.31. The second kappa shape index (κ2) is 9.98. The molecule has 1 N–H and O–H groups in total. The quantitative estimate of drug-likeness (QED) is 0.508. The van der Waals surface area contributed by atoms with E-state index in [0.717, 1.165) is 0 Å². The maximum Gasteiger partial charge on any atom is 0.300 e. The lowest BCUT2D eigenvalue weighted by Crippen LogP contribution is -2.30. The monoisotopic (exact) mass is 494 g/mol. The van der Waals surface area contributed by atoms with Gasteiger partial charge in [-0.3, -0.25) is 9.59 Å². The van der Waals surface area contributed by atoms with Crippen molar-refractivity contribution in [1.29, 1.82) is 0 Å². The first-order valence-corrected chi connectivity index (χ1v) is 12.0. The van der Waals surface area contributed by atoms with Crippen LogP contribution in [0.1, 0.15) is 33.9 Å². The van der Waals surface area contributed by atoms with Crippen LogP contribution in [0.4, 0.5) is 0 Å². The third kappa shape index (κ3) is 5.49. The Morgan fingerprint density at radius 2 is 1.83 bits per heavy atom. The Labute approximate surface area is 202 Å². The van der Waals surface area contributed by atoms with E-state index in [4.69, 9.17) is 13.9 Å². The van der Waals surface area contributed by atoms with Crippen molar-refractivity contribution in [2.24, 2.45) is 4.99 Å². The number of ketones is 1. The zero-order valence-corrected chi connectivity index (χ0v) is 19.8. The first kappa shape index (κ1) is 24.0. The molecule has 0 fully saturated rings. The number of benzene rings is 2. The van der Waals surface area contributed by atoms with Crippen molar-refractivity contribution < 1.29 is 31.9 Å². The Morgan fingerprint density at radius 3 is 2.49 bits per heavy atom. The highest BCUT2D eigenvalue weighted by Gasteiger charge is 2.22. The number of hydrogen-bond donors (Lipinski definition) is 1. The second-order valence-electron chi connectivity index (χ2n) is 7.63. The number of allylic oxidation sites excluding steroid dienone is 1. The Kier molecular flexibility index (Phi) is 6.83. The molecule has 0 aliphatic carbocycles. The van der Waals surface area contributed by atoms with Crippen molar-refractivity contribution in [2.45, 2.75) is 24.8 Å². The molecule has 1 aromatic heterocycles. The highest BCUT2D eigenvalue weighted by molar-refractivity contribution is 7.90. The summed E-state index contributed by atoms with van der Waals surface area (Å²) in [6.07, 6.45) is 1.69. The van der Waals surface area contributed by atoms with E-state index in [9.17, 15) is 18.0 Å². The molecule has 10 heteroatoms. The van der Waals surface area contributed by atoms with E-state index in [1.54, 1.807) is 49.4 Å². The number of nitrogens with zero attached hydrogens (tertiary/aromatic N) is 1. The van der Waals surface area contributed by atoms with Gasteiger partial charge in [-0.25, -0.2) is 18.1 Å². The van der Waals surface area contributed by atoms with Crippen molar-refractivity contribution in [3.05, 3.63) is 95.3 Å². The summed E-state index contributed by atoms with van der Waals surface area (Å²) >= 11 is 0. The molecule has 0 unspecified atom stereocenters. The number of aliphatic imine (C=N–C) groups is 1. The largest absolute Gasteiger partial charge is 0.499 e. The molecule has 2 heterocycles. The van der Waals surface area contributed by atoms with Crippen LogP contribution in [0.15, 0.2) is 86.9 Å². The summed E-state index contributed by atoms with van der Waals surface area (Å²) in [4.78, 5) is 28.9. The standard InChI is InChI=1S/C25H22N2O7S/c1-16-18(12-23(34-16)25(29)27-35(30,31)21-6-4-3-5-7-21)15-33-19-10-8-17(9-11-19)24-22(28)13-20(32-2)14-26-24/h3-12,14H,13,15H2,1-2H3,(H,27,29). The smallest absolute Gasteiger partial charge is 0.300 e. The number of rotatable bonds is 8. The molecule has 4 rings (SSSR count). The number of nitrogens with one attached hydrogen (secondary N) is 1. The van der Waals surface area contributed by atoms with Gasteiger partial charge >= 0.3 is 5.91 Å². The van der Waals surface area contributed by atoms with Crippen molar-refractivity contribution in [3.8, 4) is 5.75 Å². The van der Waals surface area contributed by atoms with Crippen LogP contribution >= 0.6 is 0 Å². The molecule has 1 amide bonds. The maximum atomic E-state index is 12.5. The van der Waals surface area contributed by atoms with Crippen molar-refractivity contribution >= 4 is 27.4 Å². The molecule has 3 aromatic rings. The van der Waals surface area contributed by atoms with Gasteiger partial charge < -0.3 is 13.9 Å². The second-order valence-corrected chi connectivity index (χ2v) is 9.31. The molecular formula is C25H22N2O7S. The fourth-order valence-electron chi connectivity index (χ4n) is 3.33. The number of hydrogen-bond acceptors (Lipinski definition) is 8. The van der Waals surface area contributed by atoms with Crippen LogP contribution in [-0.2, 0) is 26.2 Å². The molecule has 0 saturated carbocycles. The Balaban J connectivity index is 1.40. The normalized spacial score (nSPS) is 13.6. The zero-order valence-electron chi connectivity index (χ0n) is 19.0. The summed E-state index contributed by atoms with van der Waals surface area (Å²) in [5.74, 6) is 0.312. The van der Waals surface area contributed by atoms with E-state index in [2.05, 4.69) is 4.99 Å². The Morgan fingerprint density at radius 1 is 1.11 bits per heavy atom. The van der Waals surface area contributed by atoms with Gasteiger partial charge in [0.05, 0.1) is 24.6 Å². The zero-order chi connectivity index (χ0) is 25.0. The lowest BCUT2D eigenvalue weighted by Gasteiger charge is -2.12. The van der Waals surface area contributed by atoms with Crippen LogP contribution in [0, 0.1) is 6.92 Å². The number of ether oxygens (including phenoxy) is 2. The number of furan rings is 1. The maximum absolute atomic E-state index is 12.5. The van der Waals surface area contributed by atoms with Gasteiger partial charge in [0.25, 0.3) is 10.0 Å². The summed E-state index contributed by atoms with van der Waals surface area (Å²) in [6.45, 7) is 1.74. The van der Waals surface area contributed by atoms with Crippen molar-refractivity contribution in [1.82, 2.24) is 4.72 Å². The average molecular weight is 495 g/mol. The molecule has 0 radical (unpaired) electrons. The Hall–Kier alpha value is -4.18. The highest BCUT2D eigenvalue weighted by atomic mass is 32.2. The van der Waals surface area contributed by atoms with Crippen LogP contribution in [-0.4, -0.2) is 32.9 Å². The van der Waals surface area contributed by atoms with Crippen LogP contribution in [0.2, 0.25) is 0 Å². The first-order chi connectivity index (χ1) is 16.8. The van der Waals surface area contributed by atoms with Gasteiger partial charge in [0.15, 0.2) is 11.5 Å². The SMILES string of the molecule is COC1=CN=C(c2ccc(OCc3cc(C(=O)NS(=O)(=O)c4ccccc4)oc3C)cc2)C(=O)C1. The number of methoxy groups -OCH3 is 1. The lowest BCUT2D eigenvalue weighted by molar-refractivity contribution is -0.112. The average Bonchev–Trinajstić information content (AvgIpc) is 3.24. The highest BCUT2D eigenvalue weighted by Crippen LogP contribution is 2.21. The van der Waals surface area contributed by atoms with Crippen molar-refractivity contribution in [3.63, 3.8) is 0 Å². The topological polar surface area (TPSA) is 124 Å². The number of aryl methyl sites for hydroxylation is 1. The Bertz CT molecular complexity index is 1420. The third-order valence-corrected chi connectivity index (χ3v) is 6.59. The first-order valence-electron chi connectivity index (χ1n) is 10.6. The van der Waals surface area contributed by atoms with Crippen molar-refractivity contribution in [2.75, 3.05) is 7.11 Å². The van der Waals surface area contributed by atoms with E-state index in [1.165, 1.54) is 31.5 Å². The van der Waals surface area contributed by atoms with Gasteiger partial charge in [0.1, 0.15) is 29.6 Å². The molecule has 1 aliphatic rings. The minimum Gasteiger partial charge on any atom is -0.499 e.